The molecule has 0 fully saturated rings. The Bertz CT molecular complexity index is 609. The molecule has 7 heteroatoms. The van der Waals surface area contributed by atoms with Crippen LogP contribution in [-0.4, -0.2) is 23.7 Å². The van der Waals surface area contributed by atoms with Crippen LogP contribution in [0.2, 0.25) is 0 Å². The molecule has 0 unspecified atom stereocenters. The summed E-state index contributed by atoms with van der Waals surface area (Å²) >= 11 is 0. The molecule has 0 aromatic heterocycles. The third-order valence-corrected chi connectivity index (χ3v) is 2.15. The van der Waals surface area contributed by atoms with E-state index in [1.54, 1.807) is 0 Å². The van der Waals surface area contributed by atoms with E-state index in [0.29, 0.717) is 0 Å². The predicted molar refractivity (Wildman–Crippen MR) is 46.0 cm³/mol. The molecule has 1 heterocycles. The molecule has 0 saturated carbocycles. The number of nitrogens with zero attached hydrogens (tertiary/aromatic N) is 2. The van der Waals surface area contributed by atoms with E-state index in [9.17, 15) is 18.6 Å². The number of phenols is 2. The molecule has 0 amide bonds. The Hall–Kier alpha value is -1.89. The predicted octanol–water partition coefficient (Wildman–Crippen LogP) is -1.68. The summed E-state index contributed by atoms with van der Waals surface area (Å²) < 4.78 is 21.0. The molecule has 1 aromatic carbocycles. The molecular weight excluding hydrogens is 208 g/mol. The van der Waals surface area contributed by atoms with Gasteiger partial charge < -0.3 is 10.2 Å². The molecule has 1 aliphatic rings. The zero-order chi connectivity index (χ0) is 10.3. The van der Waals surface area contributed by atoms with Gasteiger partial charge in [-0.3, -0.25) is 0 Å². The van der Waals surface area contributed by atoms with Crippen LogP contribution in [0.5, 0.6) is 11.5 Å². The lowest BCUT2D eigenvalue weighted by atomic mass is 10.3. The first-order valence-electron chi connectivity index (χ1n) is 3.54. The second kappa shape index (κ2) is 2.81. The van der Waals surface area contributed by atoms with Gasteiger partial charge in [0.05, 0.1) is 0 Å². The van der Waals surface area contributed by atoms with Crippen molar-refractivity contribution in [3.05, 3.63) is 22.8 Å². The van der Waals surface area contributed by atoms with Crippen molar-refractivity contribution >= 4 is 15.4 Å². The van der Waals surface area contributed by atoms with Crippen LogP contribution < -0.4 is 10.7 Å². The normalized spacial score (nSPS) is 13.0. The van der Waals surface area contributed by atoms with E-state index in [0.717, 1.165) is 0 Å². The molecule has 0 saturated heterocycles. The van der Waals surface area contributed by atoms with Crippen molar-refractivity contribution in [2.45, 2.75) is 0 Å². The molecule has 14 heavy (non-hydrogen) atoms. The van der Waals surface area contributed by atoms with Gasteiger partial charge in [-0.25, -0.2) is 9.98 Å². The second-order valence-corrected chi connectivity index (χ2v) is 3.38. The number of phenolic OH excluding ortho intramolecular Hbond substituents is 2. The third kappa shape index (κ3) is 1.14. The maximum absolute atomic E-state index is 10.5. The number of benzene rings is 1. The summed E-state index contributed by atoms with van der Waals surface area (Å²) in [5.41, 5.74) is 0. The largest absolute Gasteiger partial charge is 0.506 e. The smallest absolute Gasteiger partial charge is 0.277 e. The highest BCUT2D eigenvalue weighted by atomic mass is 32.2. The van der Waals surface area contributed by atoms with Crippen LogP contribution in [0.4, 0.5) is 0 Å². The van der Waals surface area contributed by atoms with Crippen LogP contribution in [0.3, 0.4) is 0 Å². The molecule has 2 rings (SSSR count). The van der Waals surface area contributed by atoms with Crippen LogP contribution in [0.25, 0.3) is 0 Å². The number of rotatable bonds is 0. The van der Waals surface area contributed by atoms with Crippen molar-refractivity contribution < 1.29 is 18.6 Å². The first-order valence-corrected chi connectivity index (χ1v) is 4.61. The summed E-state index contributed by atoms with van der Waals surface area (Å²) in [7, 11) is -2.57. The van der Waals surface area contributed by atoms with E-state index >= 15 is 0 Å². The highest BCUT2D eigenvalue weighted by Gasteiger charge is 2.11. The number of hydrogen-bond donors (Lipinski definition) is 2. The first kappa shape index (κ1) is 8.70. The molecule has 0 bridgehead atoms. The zero-order valence-electron chi connectivity index (χ0n) is 6.67. The Morgan fingerprint density at radius 1 is 1.00 bits per heavy atom. The molecule has 72 valence electrons. The molecular formula is C7H4N2O4S. The summed E-state index contributed by atoms with van der Waals surface area (Å²) in [6.07, 6.45) is 0. The zero-order valence-corrected chi connectivity index (χ0v) is 7.48. The van der Waals surface area contributed by atoms with Gasteiger partial charge in [0.25, 0.3) is 15.4 Å². The maximum Gasteiger partial charge on any atom is 0.277 e. The fourth-order valence-corrected chi connectivity index (χ4v) is 1.40. The van der Waals surface area contributed by atoms with E-state index in [1.807, 2.05) is 0 Å². The Morgan fingerprint density at radius 2 is 1.43 bits per heavy atom. The van der Waals surface area contributed by atoms with Crippen LogP contribution in [0.1, 0.15) is 0 Å². The minimum atomic E-state index is -2.57. The topological polar surface area (TPSA) is 99.3 Å². The van der Waals surface area contributed by atoms with Crippen molar-refractivity contribution in [2.75, 3.05) is 0 Å². The molecule has 1 aliphatic heterocycles. The number of fused-ring (bicyclic) bond motifs is 1. The minimum absolute atomic E-state index is 0.0239. The van der Waals surface area contributed by atoms with Gasteiger partial charge in [-0.2, -0.15) is 8.42 Å². The Balaban J connectivity index is 3.03. The molecule has 6 nitrogen and oxygen atoms in total. The van der Waals surface area contributed by atoms with Crippen LogP contribution >= 0.6 is 0 Å². The van der Waals surface area contributed by atoms with E-state index in [1.165, 1.54) is 12.1 Å². The Kier molecular flexibility index (Phi) is 1.74. The van der Waals surface area contributed by atoms with Crippen molar-refractivity contribution in [3.8, 4) is 11.5 Å². The van der Waals surface area contributed by atoms with Crippen LogP contribution in [-0.2, 0) is 10.3 Å². The fraction of sp³-hybridized carbons (Fsp3) is 0. The number of aromatic hydroxyl groups is 2. The van der Waals surface area contributed by atoms with Crippen molar-refractivity contribution in [1.29, 1.82) is 0 Å². The SMILES string of the molecule is O=S(=O)=C1N=c2c(O)ccc(O)c2=N1. The van der Waals surface area contributed by atoms with Crippen molar-refractivity contribution in [3.63, 3.8) is 0 Å². The molecule has 1 aromatic rings. The lowest BCUT2D eigenvalue weighted by Gasteiger charge is -1.90. The molecule has 0 radical (unpaired) electrons. The lowest BCUT2D eigenvalue weighted by molar-refractivity contribution is 0.449. The first-order chi connectivity index (χ1) is 6.59. The molecule has 0 spiro atoms. The quantitative estimate of drug-likeness (QED) is 0.396. The number of hydrogen-bond acceptors (Lipinski definition) is 4. The summed E-state index contributed by atoms with van der Waals surface area (Å²) in [5, 5.41) is 18.1. The summed E-state index contributed by atoms with van der Waals surface area (Å²) in [6, 6.07) is 2.42. The average Bonchev–Trinajstić information content (AvgIpc) is 2.57. The summed E-state index contributed by atoms with van der Waals surface area (Å²) in [6.45, 7) is 0. The summed E-state index contributed by atoms with van der Waals surface area (Å²) in [4.78, 5) is 7.08. The van der Waals surface area contributed by atoms with Crippen molar-refractivity contribution in [2.24, 2.45) is 9.98 Å². The van der Waals surface area contributed by atoms with Gasteiger partial charge in [-0.15, -0.1) is 0 Å². The highest BCUT2D eigenvalue weighted by Crippen LogP contribution is 2.05. The van der Waals surface area contributed by atoms with Gasteiger partial charge in [-0.1, -0.05) is 0 Å². The standard InChI is InChI=1S/C7H4N2O4S/c10-3-1-2-4(11)6-5(3)8-7(9-6)14(12)13/h1-2,10-11H. The van der Waals surface area contributed by atoms with Gasteiger partial charge >= 0.3 is 0 Å². The van der Waals surface area contributed by atoms with Gasteiger partial charge in [0.15, 0.2) is 0 Å². The monoisotopic (exact) mass is 212 g/mol. The van der Waals surface area contributed by atoms with E-state index < -0.39 is 15.4 Å². The van der Waals surface area contributed by atoms with Gasteiger partial charge in [0.1, 0.15) is 22.2 Å². The van der Waals surface area contributed by atoms with Gasteiger partial charge in [0, 0.05) is 0 Å². The van der Waals surface area contributed by atoms with E-state index in [2.05, 4.69) is 9.98 Å². The van der Waals surface area contributed by atoms with Crippen LogP contribution in [0, 0.1) is 0 Å². The lowest BCUT2D eigenvalue weighted by Crippen LogP contribution is -2.21. The van der Waals surface area contributed by atoms with E-state index in [-0.39, 0.29) is 22.2 Å². The fourth-order valence-electron chi connectivity index (χ4n) is 1.07. The molecule has 0 aliphatic carbocycles. The van der Waals surface area contributed by atoms with Gasteiger partial charge in [0.2, 0.25) is 0 Å². The van der Waals surface area contributed by atoms with Gasteiger partial charge in [-0.05, 0) is 12.1 Å². The summed E-state index contributed by atoms with van der Waals surface area (Å²) in [5.74, 6) is -0.441. The second-order valence-electron chi connectivity index (χ2n) is 2.54. The maximum atomic E-state index is 10.5. The molecule has 0 atom stereocenters. The Morgan fingerprint density at radius 3 is 1.79 bits per heavy atom. The average molecular weight is 212 g/mol. The van der Waals surface area contributed by atoms with Crippen LogP contribution in [0.15, 0.2) is 22.1 Å². The van der Waals surface area contributed by atoms with Crippen molar-refractivity contribution in [1.82, 2.24) is 0 Å². The Labute approximate surface area is 79.0 Å². The van der Waals surface area contributed by atoms with E-state index in [4.69, 9.17) is 0 Å². The molecule has 2 N–H and O–H groups in total. The minimum Gasteiger partial charge on any atom is -0.506 e. The third-order valence-electron chi connectivity index (χ3n) is 1.67. The highest BCUT2D eigenvalue weighted by molar-refractivity contribution is 7.72.